The minimum atomic E-state index is 0.127. The molecule has 2 N–H and O–H groups in total. The number of piperidine rings is 1. The molecule has 3 aromatic rings. The van der Waals surface area contributed by atoms with Gasteiger partial charge in [0, 0.05) is 42.9 Å². The summed E-state index contributed by atoms with van der Waals surface area (Å²) in [6.45, 7) is 4.02. The van der Waals surface area contributed by atoms with Gasteiger partial charge < -0.3 is 19.9 Å². The Bertz CT molecular complexity index is 1010. The first-order valence-electron chi connectivity index (χ1n) is 11.5. The maximum absolute atomic E-state index is 12.4. The molecular formula is C26H34N4O2. The molecular weight excluding hydrogens is 400 g/mol. The van der Waals surface area contributed by atoms with Crippen LogP contribution in [0.25, 0.3) is 10.9 Å². The van der Waals surface area contributed by atoms with Crippen LogP contribution in [0, 0.1) is 0 Å². The number of ether oxygens (including phenoxy) is 1. The predicted octanol–water partition coefficient (Wildman–Crippen LogP) is 4.00. The van der Waals surface area contributed by atoms with Crippen LogP contribution < -0.4 is 15.0 Å². The van der Waals surface area contributed by atoms with Crippen molar-refractivity contribution in [1.29, 1.82) is 0 Å². The normalized spacial score (nSPS) is 15.1. The van der Waals surface area contributed by atoms with E-state index in [4.69, 9.17) is 4.74 Å². The number of benzene rings is 2. The maximum atomic E-state index is 12.4. The highest BCUT2D eigenvalue weighted by Crippen LogP contribution is 2.34. The number of hydrogen-bond donors (Lipinski definition) is 2. The number of H-pyrrole nitrogens is 1. The van der Waals surface area contributed by atoms with Crippen molar-refractivity contribution in [2.45, 2.75) is 25.2 Å². The molecule has 2 aromatic carbocycles. The van der Waals surface area contributed by atoms with Crippen LogP contribution in [0.2, 0.25) is 0 Å². The molecule has 1 amide bonds. The van der Waals surface area contributed by atoms with Crippen LogP contribution in [-0.2, 0) is 4.79 Å². The first-order chi connectivity index (χ1) is 15.6. The summed E-state index contributed by atoms with van der Waals surface area (Å²) < 4.78 is 5.40. The molecule has 0 atom stereocenters. The van der Waals surface area contributed by atoms with Gasteiger partial charge in [0.2, 0.25) is 5.91 Å². The SMILES string of the molecule is COc1ccc2[nH]cc(C3CCN(CC(=O)NCCCN(C)c4ccccc4)CC3)c2c1. The van der Waals surface area contributed by atoms with Crippen LogP contribution in [0.3, 0.4) is 0 Å². The van der Waals surface area contributed by atoms with Gasteiger partial charge in [-0.2, -0.15) is 0 Å². The van der Waals surface area contributed by atoms with Crippen LogP contribution >= 0.6 is 0 Å². The fraction of sp³-hybridized carbons (Fsp3) is 0.423. The summed E-state index contributed by atoms with van der Waals surface area (Å²) in [4.78, 5) is 20.3. The lowest BCUT2D eigenvalue weighted by Crippen LogP contribution is -2.41. The molecule has 0 unspecified atom stereocenters. The molecule has 1 aliphatic rings. The van der Waals surface area contributed by atoms with Crippen LogP contribution in [0.1, 0.15) is 30.7 Å². The van der Waals surface area contributed by atoms with Crippen LogP contribution in [0.4, 0.5) is 5.69 Å². The Hall–Kier alpha value is -2.99. The molecule has 1 aromatic heterocycles. The molecule has 1 fully saturated rings. The molecule has 0 saturated carbocycles. The first kappa shape index (κ1) is 22.2. The van der Waals surface area contributed by atoms with Gasteiger partial charge in [-0.3, -0.25) is 9.69 Å². The van der Waals surface area contributed by atoms with E-state index in [1.165, 1.54) is 16.6 Å². The summed E-state index contributed by atoms with van der Waals surface area (Å²) >= 11 is 0. The highest BCUT2D eigenvalue weighted by Gasteiger charge is 2.24. The summed E-state index contributed by atoms with van der Waals surface area (Å²) in [7, 11) is 3.80. The lowest BCUT2D eigenvalue weighted by molar-refractivity contribution is -0.122. The van der Waals surface area contributed by atoms with Gasteiger partial charge in [0.05, 0.1) is 13.7 Å². The summed E-state index contributed by atoms with van der Waals surface area (Å²) in [5.74, 6) is 1.54. The molecule has 4 rings (SSSR count). The average molecular weight is 435 g/mol. The number of nitrogens with zero attached hydrogens (tertiary/aromatic N) is 2. The van der Waals surface area contributed by atoms with E-state index in [1.807, 2.05) is 24.3 Å². The third-order valence-corrected chi connectivity index (χ3v) is 6.50. The van der Waals surface area contributed by atoms with Crippen molar-refractivity contribution in [2.24, 2.45) is 0 Å². The van der Waals surface area contributed by atoms with Gasteiger partial charge in [-0.05, 0) is 74.2 Å². The molecule has 1 aliphatic heterocycles. The lowest BCUT2D eigenvalue weighted by atomic mass is 9.89. The number of rotatable bonds is 9. The summed E-state index contributed by atoms with van der Waals surface area (Å²) in [5, 5.41) is 4.34. The Morgan fingerprint density at radius 2 is 1.97 bits per heavy atom. The van der Waals surface area contributed by atoms with Gasteiger partial charge >= 0.3 is 0 Å². The van der Waals surface area contributed by atoms with E-state index < -0.39 is 0 Å². The van der Waals surface area contributed by atoms with Crippen molar-refractivity contribution in [2.75, 3.05) is 51.8 Å². The number of para-hydroxylation sites is 1. The van der Waals surface area contributed by atoms with E-state index >= 15 is 0 Å². The topological polar surface area (TPSA) is 60.6 Å². The number of aromatic amines is 1. The van der Waals surface area contributed by atoms with Gasteiger partial charge in [0.25, 0.3) is 0 Å². The van der Waals surface area contributed by atoms with E-state index in [1.54, 1.807) is 7.11 Å². The number of amides is 1. The summed E-state index contributed by atoms with van der Waals surface area (Å²) in [5.41, 5.74) is 3.72. The number of carbonyl (C=O) groups is 1. The van der Waals surface area contributed by atoms with Crippen molar-refractivity contribution in [1.82, 2.24) is 15.2 Å². The molecule has 1 saturated heterocycles. The molecule has 2 heterocycles. The van der Waals surface area contributed by atoms with E-state index in [9.17, 15) is 4.79 Å². The maximum Gasteiger partial charge on any atom is 0.234 e. The second kappa shape index (κ2) is 10.6. The quantitative estimate of drug-likeness (QED) is 0.500. The highest BCUT2D eigenvalue weighted by molar-refractivity contribution is 5.85. The van der Waals surface area contributed by atoms with Crippen molar-refractivity contribution >= 4 is 22.5 Å². The van der Waals surface area contributed by atoms with E-state index in [0.717, 1.165) is 50.2 Å². The molecule has 0 radical (unpaired) electrons. The Morgan fingerprint density at radius 1 is 1.19 bits per heavy atom. The second-order valence-corrected chi connectivity index (χ2v) is 8.67. The minimum absolute atomic E-state index is 0.127. The largest absolute Gasteiger partial charge is 0.497 e. The summed E-state index contributed by atoms with van der Waals surface area (Å²) in [6, 6.07) is 16.5. The van der Waals surface area contributed by atoms with Crippen LogP contribution in [-0.4, -0.2) is 62.7 Å². The van der Waals surface area contributed by atoms with Crippen LogP contribution in [0.5, 0.6) is 5.75 Å². The minimum Gasteiger partial charge on any atom is -0.497 e. The zero-order valence-corrected chi connectivity index (χ0v) is 19.1. The van der Waals surface area contributed by atoms with Crippen LogP contribution in [0.15, 0.2) is 54.7 Å². The Labute approximate surface area is 190 Å². The Kier molecular flexibility index (Phi) is 7.32. The van der Waals surface area contributed by atoms with E-state index in [0.29, 0.717) is 19.0 Å². The van der Waals surface area contributed by atoms with Gasteiger partial charge in [-0.15, -0.1) is 0 Å². The van der Waals surface area contributed by atoms with Gasteiger partial charge in [-0.1, -0.05) is 18.2 Å². The fourth-order valence-corrected chi connectivity index (χ4v) is 4.60. The Morgan fingerprint density at radius 3 is 2.72 bits per heavy atom. The lowest BCUT2D eigenvalue weighted by Gasteiger charge is -2.31. The number of anilines is 1. The van der Waals surface area contributed by atoms with E-state index in [-0.39, 0.29) is 5.91 Å². The number of aromatic nitrogens is 1. The monoisotopic (exact) mass is 434 g/mol. The third kappa shape index (κ3) is 5.43. The van der Waals surface area contributed by atoms with Crippen molar-refractivity contribution in [3.05, 3.63) is 60.3 Å². The third-order valence-electron chi connectivity index (χ3n) is 6.50. The zero-order valence-electron chi connectivity index (χ0n) is 19.1. The van der Waals surface area contributed by atoms with Crippen molar-refractivity contribution in [3.63, 3.8) is 0 Å². The molecule has 170 valence electrons. The first-order valence-corrected chi connectivity index (χ1v) is 11.5. The van der Waals surface area contributed by atoms with E-state index in [2.05, 4.69) is 57.6 Å². The smallest absolute Gasteiger partial charge is 0.234 e. The van der Waals surface area contributed by atoms with Crippen molar-refractivity contribution < 1.29 is 9.53 Å². The predicted molar refractivity (Wildman–Crippen MR) is 131 cm³/mol. The zero-order chi connectivity index (χ0) is 22.3. The average Bonchev–Trinajstić information content (AvgIpc) is 3.26. The molecule has 0 aliphatic carbocycles. The molecule has 0 spiro atoms. The number of likely N-dealkylation sites (tertiary alicyclic amines) is 1. The Balaban J connectivity index is 1.18. The second-order valence-electron chi connectivity index (χ2n) is 8.67. The van der Waals surface area contributed by atoms with Gasteiger partial charge in [0.15, 0.2) is 0 Å². The number of carbonyl (C=O) groups excluding carboxylic acids is 1. The molecule has 0 bridgehead atoms. The molecule has 6 heteroatoms. The van der Waals surface area contributed by atoms with Crippen molar-refractivity contribution in [3.8, 4) is 5.75 Å². The molecule has 6 nitrogen and oxygen atoms in total. The van der Waals surface area contributed by atoms with Gasteiger partial charge in [0.1, 0.15) is 5.75 Å². The number of methoxy groups -OCH3 is 1. The van der Waals surface area contributed by atoms with Gasteiger partial charge in [-0.25, -0.2) is 0 Å². The number of fused-ring (bicyclic) bond motifs is 1. The summed E-state index contributed by atoms with van der Waals surface area (Å²) in [6.07, 6.45) is 5.21. The molecule has 32 heavy (non-hydrogen) atoms. The number of nitrogens with one attached hydrogen (secondary N) is 2. The highest BCUT2D eigenvalue weighted by atomic mass is 16.5. The number of hydrogen-bond acceptors (Lipinski definition) is 4. The standard InChI is InChI=1S/C26H34N4O2/c1-29(21-7-4-3-5-8-21)14-6-13-27-26(31)19-30-15-11-20(12-16-30)24-18-28-25-10-9-22(32-2)17-23(24)25/h3-5,7-10,17-18,20,28H,6,11-16,19H2,1-2H3,(H,27,31). The fourth-order valence-electron chi connectivity index (χ4n) is 4.60.